The molecule has 2 N–H and O–H groups in total. The Bertz CT molecular complexity index is 233. The molecule has 0 bridgehead atoms. The normalized spacial score (nSPS) is 11.6. The lowest BCUT2D eigenvalue weighted by atomic mass is 10.3. The van der Waals surface area contributed by atoms with E-state index in [1.807, 2.05) is 0 Å². The van der Waals surface area contributed by atoms with Gasteiger partial charge in [0.25, 0.3) is 6.47 Å². The van der Waals surface area contributed by atoms with Crippen LogP contribution in [0.4, 0.5) is 0 Å². The fraction of sp³-hybridized carbons (Fsp3) is 0.700. The predicted molar refractivity (Wildman–Crippen MR) is 57.1 cm³/mol. The fourth-order valence-electron chi connectivity index (χ4n) is 1.02. The summed E-state index contributed by atoms with van der Waals surface area (Å²) in [6, 6.07) is -0.533. The molecule has 0 rings (SSSR count). The molecule has 1 atom stereocenters. The quantitative estimate of drug-likeness (QED) is 0.265. The number of amides is 1. The first-order valence-corrected chi connectivity index (χ1v) is 5.21. The van der Waals surface area contributed by atoms with E-state index in [2.05, 4.69) is 10.1 Å². The molecule has 0 radical (unpaired) electrons. The van der Waals surface area contributed by atoms with Crippen LogP contribution in [0.1, 0.15) is 12.8 Å². The molecule has 98 valence electrons. The van der Waals surface area contributed by atoms with Gasteiger partial charge in [-0.1, -0.05) is 0 Å². The van der Waals surface area contributed by atoms with E-state index in [1.165, 1.54) is 0 Å². The number of ether oxygens (including phenoxy) is 2. The molecular formula is C10H17NO6. The summed E-state index contributed by atoms with van der Waals surface area (Å²) >= 11 is 0. The van der Waals surface area contributed by atoms with Gasteiger partial charge in [0.2, 0.25) is 5.91 Å². The molecular weight excluding hydrogens is 230 g/mol. The van der Waals surface area contributed by atoms with Gasteiger partial charge in [-0.2, -0.15) is 0 Å². The maximum atomic E-state index is 11.0. The van der Waals surface area contributed by atoms with Crippen molar-refractivity contribution in [2.45, 2.75) is 18.9 Å². The summed E-state index contributed by atoms with van der Waals surface area (Å²) in [5.41, 5.74) is 0. The predicted octanol–water partition coefficient (Wildman–Crippen LogP) is -1.37. The van der Waals surface area contributed by atoms with Gasteiger partial charge in [-0.25, -0.2) is 0 Å². The second kappa shape index (κ2) is 11.0. The molecule has 0 aromatic rings. The average Bonchev–Trinajstić information content (AvgIpc) is 2.32. The molecule has 17 heavy (non-hydrogen) atoms. The second-order valence-electron chi connectivity index (χ2n) is 3.21. The van der Waals surface area contributed by atoms with Gasteiger partial charge in [0.15, 0.2) is 0 Å². The Morgan fingerprint density at radius 1 is 1.35 bits per heavy atom. The number of aldehydes is 1. The van der Waals surface area contributed by atoms with Crippen molar-refractivity contribution < 1.29 is 29.0 Å². The summed E-state index contributed by atoms with van der Waals surface area (Å²) in [4.78, 5) is 30.9. The largest absolute Gasteiger partial charge is 0.468 e. The lowest BCUT2D eigenvalue weighted by molar-refractivity contribution is -0.129. The SMILES string of the molecule is O=CCC(=O)N[C@@H](CO)COCCCOC=O. The van der Waals surface area contributed by atoms with Crippen molar-refractivity contribution >= 4 is 18.7 Å². The highest BCUT2D eigenvalue weighted by molar-refractivity contribution is 5.88. The van der Waals surface area contributed by atoms with E-state index >= 15 is 0 Å². The van der Waals surface area contributed by atoms with Crippen molar-refractivity contribution in [1.29, 1.82) is 0 Å². The van der Waals surface area contributed by atoms with Crippen LogP contribution in [0, 0.1) is 0 Å². The standard InChI is InChI=1S/C10H17NO6/c12-3-2-10(15)11-9(6-13)7-16-4-1-5-17-8-14/h3,8-9,13H,1-2,4-7H2,(H,11,15)/t9-/m0/s1. The Balaban J connectivity index is 3.56. The van der Waals surface area contributed by atoms with Gasteiger partial charge in [0.1, 0.15) is 6.29 Å². The summed E-state index contributed by atoms with van der Waals surface area (Å²) < 4.78 is 9.60. The lowest BCUT2D eigenvalue weighted by Gasteiger charge is -2.15. The summed E-state index contributed by atoms with van der Waals surface area (Å²) in [5.74, 6) is -0.452. The molecule has 0 spiro atoms. The number of aliphatic hydroxyl groups is 1. The Hall–Kier alpha value is -1.47. The first-order chi connectivity index (χ1) is 8.24. The molecule has 0 aliphatic rings. The lowest BCUT2D eigenvalue weighted by Crippen LogP contribution is -2.41. The number of rotatable bonds is 11. The number of hydrogen-bond donors (Lipinski definition) is 2. The van der Waals surface area contributed by atoms with E-state index in [1.54, 1.807) is 0 Å². The average molecular weight is 247 g/mol. The zero-order valence-corrected chi connectivity index (χ0v) is 9.46. The van der Waals surface area contributed by atoms with E-state index in [9.17, 15) is 14.4 Å². The Labute approximate surface area is 99.1 Å². The molecule has 7 nitrogen and oxygen atoms in total. The minimum absolute atomic E-state index is 0.141. The molecule has 0 unspecified atom stereocenters. The third-order valence-electron chi connectivity index (χ3n) is 1.79. The van der Waals surface area contributed by atoms with Gasteiger partial charge in [0.05, 0.1) is 32.3 Å². The molecule has 0 aliphatic carbocycles. The number of carbonyl (C=O) groups is 3. The van der Waals surface area contributed by atoms with Gasteiger partial charge >= 0.3 is 0 Å². The maximum Gasteiger partial charge on any atom is 0.293 e. The fourth-order valence-corrected chi connectivity index (χ4v) is 1.02. The zero-order chi connectivity index (χ0) is 12.9. The van der Waals surface area contributed by atoms with Crippen molar-refractivity contribution in [2.24, 2.45) is 0 Å². The van der Waals surface area contributed by atoms with Crippen LogP contribution in [-0.4, -0.2) is 56.2 Å². The first-order valence-electron chi connectivity index (χ1n) is 5.21. The molecule has 0 aliphatic heterocycles. The minimum atomic E-state index is -0.533. The zero-order valence-electron chi connectivity index (χ0n) is 9.46. The molecule has 0 saturated heterocycles. The Morgan fingerprint density at radius 2 is 2.12 bits per heavy atom. The Kier molecular flexibility index (Phi) is 10.1. The van der Waals surface area contributed by atoms with Crippen LogP contribution >= 0.6 is 0 Å². The topological polar surface area (TPSA) is 102 Å². The summed E-state index contributed by atoms with van der Waals surface area (Å²) in [5, 5.41) is 11.4. The Morgan fingerprint density at radius 3 is 2.71 bits per heavy atom. The first kappa shape index (κ1) is 15.5. The van der Waals surface area contributed by atoms with Crippen LogP contribution in [0.2, 0.25) is 0 Å². The molecule has 0 saturated carbocycles. The molecule has 1 amide bonds. The molecule has 7 heteroatoms. The minimum Gasteiger partial charge on any atom is -0.468 e. The van der Waals surface area contributed by atoms with E-state index in [0.29, 0.717) is 25.8 Å². The van der Waals surface area contributed by atoms with Crippen molar-refractivity contribution in [1.82, 2.24) is 5.32 Å². The van der Waals surface area contributed by atoms with Gasteiger partial charge in [-0.3, -0.25) is 9.59 Å². The van der Waals surface area contributed by atoms with E-state index in [4.69, 9.17) is 9.84 Å². The number of aliphatic hydroxyl groups excluding tert-OH is 1. The maximum absolute atomic E-state index is 11.0. The number of hydrogen-bond acceptors (Lipinski definition) is 6. The molecule has 0 heterocycles. The third-order valence-corrected chi connectivity index (χ3v) is 1.79. The summed E-state index contributed by atoms with van der Waals surface area (Å²) in [7, 11) is 0. The van der Waals surface area contributed by atoms with Crippen molar-refractivity contribution in [3.63, 3.8) is 0 Å². The van der Waals surface area contributed by atoms with Gasteiger partial charge in [0, 0.05) is 13.0 Å². The smallest absolute Gasteiger partial charge is 0.293 e. The van der Waals surface area contributed by atoms with Gasteiger partial charge < -0.3 is 24.7 Å². The number of nitrogens with one attached hydrogen (secondary N) is 1. The molecule has 0 aromatic heterocycles. The van der Waals surface area contributed by atoms with Crippen LogP contribution in [0.25, 0.3) is 0 Å². The summed E-state index contributed by atoms with van der Waals surface area (Å²) in [6.45, 7) is 0.854. The van der Waals surface area contributed by atoms with Crippen LogP contribution in [0.15, 0.2) is 0 Å². The van der Waals surface area contributed by atoms with Crippen LogP contribution < -0.4 is 5.32 Å². The van der Waals surface area contributed by atoms with Gasteiger partial charge in [-0.15, -0.1) is 0 Å². The van der Waals surface area contributed by atoms with Crippen LogP contribution in [-0.2, 0) is 23.9 Å². The number of carbonyl (C=O) groups excluding carboxylic acids is 3. The summed E-state index contributed by atoms with van der Waals surface area (Å²) in [6.07, 6.45) is 0.796. The van der Waals surface area contributed by atoms with Crippen molar-refractivity contribution in [2.75, 3.05) is 26.4 Å². The highest BCUT2D eigenvalue weighted by atomic mass is 16.5. The second-order valence-corrected chi connectivity index (χ2v) is 3.21. The van der Waals surface area contributed by atoms with Crippen LogP contribution in [0.5, 0.6) is 0 Å². The molecule has 0 aromatic carbocycles. The molecule has 0 fully saturated rings. The highest BCUT2D eigenvalue weighted by Crippen LogP contribution is 1.89. The van der Waals surface area contributed by atoms with Gasteiger partial charge in [-0.05, 0) is 0 Å². The van der Waals surface area contributed by atoms with Crippen LogP contribution in [0.3, 0.4) is 0 Å². The van der Waals surface area contributed by atoms with E-state index < -0.39 is 11.9 Å². The van der Waals surface area contributed by atoms with Crippen molar-refractivity contribution in [3.05, 3.63) is 0 Å². The third kappa shape index (κ3) is 9.46. The highest BCUT2D eigenvalue weighted by Gasteiger charge is 2.10. The van der Waals surface area contributed by atoms with E-state index in [0.717, 1.165) is 0 Å². The van der Waals surface area contributed by atoms with E-state index in [-0.39, 0.29) is 26.2 Å². The monoisotopic (exact) mass is 247 g/mol. The van der Waals surface area contributed by atoms with Crippen molar-refractivity contribution in [3.8, 4) is 0 Å².